The number of nitrogen functional groups attached to an aromatic ring is 1. The lowest BCUT2D eigenvalue weighted by Gasteiger charge is -1.89. The molecule has 0 aliphatic rings. The third kappa shape index (κ3) is 0.774. The van der Waals surface area contributed by atoms with E-state index in [1.165, 1.54) is 0 Å². The predicted octanol–water partition coefficient (Wildman–Crippen LogP) is 0.956. The maximum atomic E-state index is 5.63. The second-order valence-corrected chi connectivity index (χ2v) is 2.45. The molecule has 55 valence electrons. The largest absolute Gasteiger partial charge is 0.382 e. The molecule has 0 spiro atoms. The average molecular weight is 146 g/mol. The van der Waals surface area contributed by atoms with E-state index in [0.717, 1.165) is 10.9 Å². The lowest BCUT2D eigenvalue weighted by atomic mass is 10.2. The van der Waals surface area contributed by atoms with Crippen molar-refractivity contribution in [1.82, 2.24) is 9.78 Å². The van der Waals surface area contributed by atoms with Crippen molar-refractivity contribution in [1.29, 1.82) is 0 Å². The fourth-order valence-corrected chi connectivity index (χ4v) is 1.18. The normalized spacial score (nSPS) is 10.6. The Bertz CT molecular complexity index is 353. The molecule has 0 fully saturated rings. The average Bonchev–Trinajstić information content (AvgIpc) is 2.30. The smallest absolute Gasteiger partial charge is 0.153 e. The molecule has 0 saturated carbocycles. The highest BCUT2D eigenvalue weighted by atomic mass is 15.3. The fourth-order valence-electron chi connectivity index (χ4n) is 1.18. The van der Waals surface area contributed by atoms with Gasteiger partial charge in [0.2, 0.25) is 0 Å². The van der Waals surface area contributed by atoms with Gasteiger partial charge < -0.3 is 5.73 Å². The van der Waals surface area contributed by atoms with Crippen LogP contribution in [0.4, 0.5) is 5.82 Å². The Morgan fingerprint density at radius 1 is 1.64 bits per heavy atom. The van der Waals surface area contributed by atoms with Crippen LogP contribution in [-0.4, -0.2) is 9.78 Å². The Kier molecular flexibility index (Phi) is 1.12. The van der Waals surface area contributed by atoms with Crippen LogP contribution in [0.3, 0.4) is 0 Å². The summed E-state index contributed by atoms with van der Waals surface area (Å²) >= 11 is 0. The van der Waals surface area contributed by atoms with Gasteiger partial charge in [-0.05, 0) is 18.2 Å². The molecule has 1 radical (unpaired) electrons. The molecule has 0 aliphatic heterocycles. The lowest BCUT2D eigenvalue weighted by Crippen LogP contribution is -1.90. The molecule has 0 amide bonds. The molecule has 11 heavy (non-hydrogen) atoms. The highest BCUT2D eigenvalue weighted by Crippen LogP contribution is 2.17. The first-order valence-corrected chi connectivity index (χ1v) is 3.37. The molecular formula is C8H8N3. The molecule has 3 heteroatoms. The highest BCUT2D eigenvalue weighted by Gasteiger charge is 2.01. The maximum absolute atomic E-state index is 5.63. The highest BCUT2D eigenvalue weighted by molar-refractivity contribution is 5.88. The zero-order valence-electron chi connectivity index (χ0n) is 6.20. The summed E-state index contributed by atoms with van der Waals surface area (Å²) in [5.74, 6) is 0.569. The summed E-state index contributed by atoms with van der Waals surface area (Å²) in [5.41, 5.74) is 6.67. The Morgan fingerprint density at radius 2 is 2.45 bits per heavy atom. The monoisotopic (exact) mass is 146 g/mol. The second-order valence-electron chi connectivity index (χ2n) is 2.45. The Labute approximate surface area is 64.4 Å². The van der Waals surface area contributed by atoms with E-state index >= 15 is 0 Å². The summed E-state index contributed by atoms with van der Waals surface area (Å²) < 4.78 is 1.76. The summed E-state index contributed by atoms with van der Waals surface area (Å²) in [7, 11) is 1.87. The van der Waals surface area contributed by atoms with Gasteiger partial charge >= 0.3 is 0 Å². The van der Waals surface area contributed by atoms with E-state index in [2.05, 4.69) is 11.2 Å². The van der Waals surface area contributed by atoms with E-state index in [-0.39, 0.29) is 0 Å². The summed E-state index contributed by atoms with van der Waals surface area (Å²) in [4.78, 5) is 0. The quantitative estimate of drug-likeness (QED) is 0.601. The van der Waals surface area contributed by atoms with Crippen LogP contribution in [0.15, 0.2) is 18.2 Å². The van der Waals surface area contributed by atoms with Crippen LogP contribution in [0.2, 0.25) is 0 Å². The van der Waals surface area contributed by atoms with Gasteiger partial charge in [-0.1, -0.05) is 6.07 Å². The molecule has 0 unspecified atom stereocenters. The minimum atomic E-state index is 0.569. The number of nitrogens with zero attached hydrogens (tertiary/aromatic N) is 2. The zero-order chi connectivity index (χ0) is 7.84. The molecule has 2 rings (SSSR count). The topological polar surface area (TPSA) is 43.8 Å². The standard InChI is InChI=1S/C8H8N3/c1-11-7-5-3-2-4-6(7)8(9)10-11/h3-5H,1H3,(H2,9,10). The minimum Gasteiger partial charge on any atom is -0.382 e. The molecule has 0 bridgehead atoms. The van der Waals surface area contributed by atoms with Crippen LogP contribution >= 0.6 is 0 Å². The number of aromatic nitrogens is 2. The molecule has 2 N–H and O–H groups in total. The molecule has 1 heterocycles. The van der Waals surface area contributed by atoms with Crippen molar-refractivity contribution in [3.63, 3.8) is 0 Å². The van der Waals surface area contributed by atoms with E-state index in [0.29, 0.717) is 5.82 Å². The van der Waals surface area contributed by atoms with Crippen LogP contribution in [0.1, 0.15) is 0 Å². The van der Waals surface area contributed by atoms with E-state index in [1.807, 2.05) is 25.2 Å². The lowest BCUT2D eigenvalue weighted by molar-refractivity contribution is 0.802. The maximum Gasteiger partial charge on any atom is 0.153 e. The number of benzene rings is 1. The Morgan fingerprint density at radius 3 is 3.18 bits per heavy atom. The molecular weight excluding hydrogens is 138 g/mol. The van der Waals surface area contributed by atoms with Gasteiger partial charge in [-0.15, -0.1) is 0 Å². The molecule has 1 aromatic heterocycles. The first-order valence-electron chi connectivity index (χ1n) is 3.37. The molecule has 3 nitrogen and oxygen atoms in total. The van der Waals surface area contributed by atoms with E-state index in [9.17, 15) is 0 Å². The summed E-state index contributed by atoms with van der Waals surface area (Å²) in [6, 6.07) is 8.59. The molecule has 0 atom stereocenters. The van der Waals surface area contributed by atoms with Gasteiger partial charge in [0.25, 0.3) is 0 Å². The van der Waals surface area contributed by atoms with Crippen LogP contribution in [0, 0.1) is 6.07 Å². The van der Waals surface area contributed by atoms with E-state index < -0.39 is 0 Å². The van der Waals surface area contributed by atoms with Crippen LogP contribution in [-0.2, 0) is 7.05 Å². The van der Waals surface area contributed by atoms with Crippen molar-refractivity contribution in [2.24, 2.45) is 7.05 Å². The third-order valence-corrected chi connectivity index (χ3v) is 1.72. The fraction of sp³-hybridized carbons (Fsp3) is 0.125. The molecule has 1 aromatic carbocycles. The van der Waals surface area contributed by atoms with E-state index in [4.69, 9.17) is 5.73 Å². The van der Waals surface area contributed by atoms with Crippen LogP contribution in [0.25, 0.3) is 10.9 Å². The third-order valence-electron chi connectivity index (χ3n) is 1.72. The minimum absolute atomic E-state index is 0.569. The van der Waals surface area contributed by atoms with Gasteiger partial charge in [-0.25, -0.2) is 0 Å². The summed E-state index contributed by atoms with van der Waals surface area (Å²) in [6.07, 6.45) is 0. The van der Waals surface area contributed by atoms with Crippen molar-refractivity contribution < 1.29 is 0 Å². The predicted molar refractivity (Wildman–Crippen MR) is 44.0 cm³/mol. The van der Waals surface area contributed by atoms with Gasteiger partial charge in [0.05, 0.1) is 5.52 Å². The number of aryl methyl sites for hydroxylation is 1. The number of nitrogens with two attached hydrogens (primary N) is 1. The first kappa shape index (κ1) is 6.22. The van der Waals surface area contributed by atoms with Crippen LogP contribution in [0.5, 0.6) is 0 Å². The zero-order valence-corrected chi connectivity index (χ0v) is 6.20. The van der Waals surface area contributed by atoms with E-state index in [1.54, 1.807) is 4.68 Å². The molecule has 0 saturated heterocycles. The van der Waals surface area contributed by atoms with Crippen LogP contribution < -0.4 is 5.73 Å². The van der Waals surface area contributed by atoms with Gasteiger partial charge in [0, 0.05) is 12.4 Å². The summed E-state index contributed by atoms with van der Waals surface area (Å²) in [5, 5.41) is 5.03. The van der Waals surface area contributed by atoms with Crippen molar-refractivity contribution >= 4 is 16.7 Å². The SMILES string of the molecule is Cn1nc(N)c2c[c]ccc21. The van der Waals surface area contributed by atoms with Gasteiger partial charge in [-0.3, -0.25) is 4.68 Å². The molecule has 0 aliphatic carbocycles. The Hall–Kier alpha value is -1.51. The number of hydrogen-bond acceptors (Lipinski definition) is 2. The number of anilines is 1. The van der Waals surface area contributed by atoms with Crippen molar-refractivity contribution in [3.8, 4) is 0 Å². The number of hydrogen-bond donors (Lipinski definition) is 1. The molecule has 2 aromatic rings. The van der Waals surface area contributed by atoms with Gasteiger partial charge in [-0.2, -0.15) is 5.10 Å². The number of fused-ring (bicyclic) bond motifs is 1. The first-order chi connectivity index (χ1) is 5.29. The Balaban J connectivity index is 2.95. The number of rotatable bonds is 0. The second kappa shape index (κ2) is 1.99. The van der Waals surface area contributed by atoms with Crippen molar-refractivity contribution in [2.75, 3.05) is 5.73 Å². The summed E-state index contributed by atoms with van der Waals surface area (Å²) in [6.45, 7) is 0. The van der Waals surface area contributed by atoms with Gasteiger partial charge in [0.15, 0.2) is 5.82 Å². The van der Waals surface area contributed by atoms with Gasteiger partial charge in [0.1, 0.15) is 0 Å². The van der Waals surface area contributed by atoms with Crippen molar-refractivity contribution in [3.05, 3.63) is 24.3 Å². The van der Waals surface area contributed by atoms with Crippen molar-refractivity contribution in [2.45, 2.75) is 0 Å².